The van der Waals surface area contributed by atoms with Crippen molar-refractivity contribution in [3.05, 3.63) is 64.3 Å². The first-order valence-electron chi connectivity index (χ1n) is 5.76. The van der Waals surface area contributed by atoms with Gasteiger partial charge < -0.3 is 9.90 Å². The molecule has 0 aliphatic heterocycles. The fourth-order valence-corrected chi connectivity index (χ4v) is 1.34. The van der Waals surface area contributed by atoms with Crippen molar-refractivity contribution in [2.75, 3.05) is 0 Å². The Kier molecular flexibility index (Phi) is 5.77. The third-order valence-electron chi connectivity index (χ3n) is 2.38. The molecule has 0 heterocycles. The summed E-state index contributed by atoms with van der Waals surface area (Å²) >= 11 is 0. The molecule has 2 aromatic rings. The monoisotopic (exact) mass is 270 g/mol. The van der Waals surface area contributed by atoms with Gasteiger partial charge in [0.05, 0.1) is 11.4 Å². The van der Waals surface area contributed by atoms with Gasteiger partial charge in [0.15, 0.2) is 5.75 Å². The van der Waals surface area contributed by atoms with E-state index in [-0.39, 0.29) is 5.75 Å². The first-order valence-corrected chi connectivity index (χ1v) is 5.76. The molecule has 0 bridgehead atoms. The van der Waals surface area contributed by atoms with Gasteiger partial charge in [-0.05, 0) is 43.3 Å². The number of carbonyl (C=O) groups excluding carboxylic acids is 1. The average molecular weight is 270 g/mol. The molecule has 0 aliphatic carbocycles. The Morgan fingerprint density at radius 1 is 0.850 bits per heavy atom. The molecule has 0 saturated heterocycles. The average Bonchev–Trinajstić information content (AvgIpc) is 2.64. The van der Waals surface area contributed by atoms with Crippen LogP contribution in [-0.2, 0) is 4.79 Å². The number of carbonyl (C=O) groups is 1. The maximum Gasteiger partial charge on any atom is 0.220 e. The van der Waals surface area contributed by atoms with Gasteiger partial charge in [0, 0.05) is 0 Å². The van der Waals surface area contributed by atoms with Crippen LogP contribution in [0, 0.1) is 6.92 Å². The highest BCUT2D eigenvalue weighted by Gasteiger charge is 1.94. The van der Waals surface area contributed by atoms with Gasteiger partial charge in [-0.15, -0.1) is 0 Å². The minimum atomic E-state index is -0.438. The Labute approximate surface area is 116 Å². The Balaban J connectivity index is 0.000000956. The van der Waals surface area contributed by atoms with E-state index in [1.54, 1.807) is 0 Å². The molecule has 0 aromatic heterocycles. The molecule has 0 radical (unpaired) electrons. The molecule has 0 atom stereocenters. The van der Waals surface area contributed by atoms with Crippen molar-refractivity contribution in [2.24, 2.45) is 10.2 Å². The lowest BCUT2D eigenvalue weighted by molar-refractivity contribution is -0.0979. The summed E-state index contributed by atoms with van der Waals surface area (Å²) < 4.78 is 0. The number of benzene rings is 1. The molecule has 5 heteroatoms. The summed E-state index contributed by atoms with van der Waals surface area (Å²) in [6.45, 7) is 4.00. The van der Waals surface area contributed by atoms with Gasteiger partial charge in [0.1, 0.15) is 6.79 Å². The van der Waals surface area contributed by atoms with Crippen LogP contribution >= 0.6 is 0 Å². The zero-order chi connectivity index (χ0) is 15.0. The van der Waals surface area contributed by atoms with E-state index < -0.39 is 5.43 Å². The standard InChI is InChI=1S/C14H12N2O2.CH2O/c1-10-2-4-11(5-3-10)15-16-12-6-8-13(17)14(18)9-7-12;1-2/h2-9H,1H3,(H,17,18);1H2. The van der Waals surface area contributed by atoms with Crippen LogP contribution in [0.25, 0.3) is 0 Å². The normalized spacial score (nSPS) is 9.85. The number of azo groups is 1. The third kappa shape index (κ3) is 4.45. The van der Waals surface area contributed by atoms with Crippen LogP contribution in [0.2, 0.25) is 0 Å². The van der Waals surface area contributed by atoms with Crippen molar-refractivity contribution < 1.29 is 9.90 Å². The van der Waals surface area contributed by atoms with E-state index >= 15 is 0 Å². The van der Waals surface area contributed by atoms with E-state index in [1.807, 2.05) is 38.0 Å². The molecule has 1 N–H and O–H groups in total. The maximum atomic E-state index is 11.2. The van der Waals surface area contributed by atoms with E-state index in [4.69, 9.17) is 4.79 Å². The van der Waals surface area contributed by atoms with Gasteiger partial charge in [0.2, 0.25) is 5.43 Å². The fourth-order valence-electron chi connectivity index (χ4n) is 1.34. The molecule has 102 valence electrons. The zero-order valence-corrected chi connectivity index (χ0v) is 11.0. The van der Waals surface area contributed by atoms with Crippen molar-refractivity contribution in [3.8, 4) is 5.75 Å². The third-order valence-corrected chi connectivity index (χ3v) is 2.38. The Hall–Kier alpha value is -2.82. The first kappa shape index (κ1) is 15.2. The summed E-state index contributed by atoms with van der Waals surface area (Å²) in [4.78, 5) is 19.2. The smallest absolute Gasteiger partial charge is 0.220 e. The Morgan fingerprint density at radius 3 is 1.85 bits per heavy atom. The molecule has 2 rings (SSSR count). The number of nitrogens with zero attached hydrogens (tertiary/aromatic N) is 2. The molecular weight excluding hydrogens is 256 g/mol. The van der Waals surface area contributed by atoms with Gasteiger partial charge in [-0.3, -0.25) is 4.79 Å². The van der Waals surface area contributed by atoms with E-state index in [0.717, 1.165) is 11.3 Å². The molecule has 0 fully saturated rings. The molecule has 0 unspecified atom stereocenters. The highest BCUT2D eigenvalue weighted by atomic mass is 16.3. The molecule has 2 aromatic carbocycles. The van der Waals surface area contributed by atoms with E-state index in [0.29, 0.717) is 5.69 Å². The van der Waals surface area contributed by atoms with Crippen molar-refractivity contribution in [1.82, 2.24) is 0 Å². The minimum Gasteiger partial charge on any atom is -0.504 e. The van der Waals surface area contributed by atoms with Crippen LogP contribution in [0.3, 0.4) is 0 Å². The summed E-state index contributed by atoms with van der Waals surface area (Å²) in [6, 6.07) is 13.2. The second-order valence-electron chi connectivity index (χ2n) is 3.88. The minimum absolute atomic E-state index is 0.299. The number of hydrogen-bond donors (Lipinski definition) is 1. The SMILES string of the molecule is C=O.Cc1ccc(N=Nc2ccc(O)c(=O)cc2)cc1. The first-order chi connectivity index (χ1) is 9.65. The van der Waals surface area contributed by atoms with Crippen LogP contribution in [0.1, 0.15) is 5.56 Å². The lowest BCUT2D eigenvalue weighted by atomic mass is 10.2. The van der Waals surface area contributed by atoms with Crippen LogP contribution in [-0.4, -0.2) is 11.9 Å². The maximum absolute atomic E-state index is 11.2. The summed E-state index contributed by atoms with van der Waals surface area (Å²) in [5.41, 5.74) is 1.96. The van der Waals surface area contributed by atoms with Crippen LogP contribution in [0.4, 0.5) is 11.4 Å². The number of aromatic hydroxyl groups is 1. The predicted molar refractivity (Wildman–Crippen MR) is 76.9 cm³/mol. The molecule has 0 amide bonds. The molecule has 20 heavy (non-hydrogen) atoms. The van der Waals surface area contributed by atoms with Gasteiger partial charge in [-0.25, -0.2) is 0 Å². The Bertz CT molecular complexity index is 652. The predicted octanol–water partition coefficient (Wildman–Crippen LogP) is 3.29. The lowest BCUT2D eigenvalue weighted by Crippen LogP contribution is -1.90. The topological polar surface area (TPSA) is 79.1 Å². The zero-order valence-electron chi connectivity index (χ0n) is 11.0. The quantitative estimate of drug-likeness (QED) is 0.850. The lowest BCUT2D eigenvalue weighted by Gasteiger charge is -1.92. The number of rotatable bonds is 2. The summed E-state index contributed by atoms with van der Waals surface area (Å²) in [5, 5.41) is 17.3. The number of aryl methyl sites for hydroxylation is 1. The van der Waals surface area contributed by atoms with Crippen LogP contribution < -0.4 is 5.43 Å². The van der Waals surface area contributed by atoms with Crippen molar-refractivity contribution >= 4 is 18.2 Å². The van der Waals surface area contributed by atoms with Gasteiger partial charge in [-0.2, -0.15) is 10.2 Å². The number of hydrogen-bond acceptors (Lipinski definition) is 5. The second kappa shape index (κ2) is 7.58. The highest BCUT2D eigenvalue weighted by molar-refractivity contribution is 5.41. The van der Waals surface area contributed by atoms with Crippen LogP contribution in [0.15, 0.2) is 63.6 Å². The molecule has 0 saturated carbocycles. The van der Waals surface area contributed by atoms with Gasteiger partial charge in [-0.1, -0.05) is 17.7 Å². The molecular formula is C15H14N2O3. The summed E-state index contributed by atoms with van der Waals surface area (Å²) in [5.74, 6) is -0.299. The van der Waals surface area contributed by atoms with Crippen molar-refractivity contribution in [1.29, 1.82) is 0 Å². The van der Waals surface area contributed by atoms with Crippen molar-refractivity contribution in [2.45, 2.75) is 6.92 Å². The summed E-state index contributed by atoms with van der Waals surface area (Å²) in [6.07, 6.45) is 0. The highest BCUT2D eigenvalue weighted by Crippen LogP contribution is 2.18. The molecule has 0 aliphatic rings. The van der Waals surface area contributed by atoms with E-state index in [9.17, 15) is 9.90 Å². The fraction of sp³-hybridized carbons (Fsp3) is 0.0667. The van der Waals surface area contributed by atoms with E-state index in [1.165, 1.54) is 24.3 Å². The second-order valence-corrected chi connectivity index (χ2v) is 3.88. The van der Waals surface area contributed by atoms with Crippen LogP contribution in [0.5, 0.6) is 5.75 Å². The Morgan fingerprint density at radius 2 is 1.30 bits per heavy atom. The van der Waals surface area contributed by atoms with E-state index in [2.05, 4.69) is 10.2 Å². The molecule has 5 nitrogen and oxygen atoms in total. The van der Waals surface area contributed by atoms with Gasteiger partial charge >= 0.3 is 0 Å². The molecule has 0 spiro atoms. The summed E-state index contributed by atoms with van der Waals surface area (Å²) in [7, 11) is 0. The van der Waals surface area contributed by atoms with Crippen molar-refractivity contribution in [3.63, 3.8) is 0 Å². The van der Waals surface area contributed by atoms with Gasteiger partial charge in [0.25, 0.3) is 0 Å². The largest absolute Gasteiger partial charge is 0.504 e.